The number of unbranched alkanes of at least 4 members (excludes halogenated alkanes) is 14. The van der Waals surface area contributed by atoms with Crippen LogP contribution in [-0.4, -0.2) is 5.00 Å². The highest BCUT2D eigenvalue weighted by Gasteiger charge is 2.19. The summed E-state index contributed by atoms with van der Waals surface area (Å²) in [6.45, 7) is 4.54. The van der Waals surface area contributed by atoms with Crippen molar-refractivity contribution in [3.63, 3.8) is 0 Å². The molecule has 0 bridgehead atoms. The van der Waals surface area contributed by atoms with E-state index in [4.69, 9.17) is 17.3 Å². The molecule has 0 saturated carbocycles. The van der Waals surface area contributed by atoms with Gasteiger partial charge in [0.1, 0.15) is 0 Å². The monoisotopic (exact) mass is 345 g/mol. The zero-order chi connectivity index (χ0) is 17.2. The Hall–Kier alpha value is 0.250. The Labute approximate surface area is 152 Å². The smallest absolute Gasteiger partial charge is 0.0910 e. The summed E-state index contributed by atoms with van der Waals surface area (Å²) in [5.74, 6) is 0. The van der Waals surface area contributed by atoms with Gasteiger partial charge in [-0.2, -0.15) is 0 Å². The molecule has 0 aliphatic rings. The van der Waals surface area contributed by atoms with Crippen LogP contribution in [0.25, 0.3) is 0 Å². The van der Waals surface area contributed by atoms with Gasteiger partial charge >= 0.3 is 0 Å². The molecule has 2 N–H and O–H groups in total. The molecule has 0 amide bonds. The van der Waals surface area contributed by atoms with Crippen LogP contribution in [0.15, 0.2) is 0 Å². The van der Waals surface area contributed by atoms with Crippen LogP contribution in [0, 0.1) is 0 Å². The van der Waals surface area contributed by atoms with E-state index in [1.165, 1.54) is 103 Å². The highest BCUT2D eigenvalue weighted by atomic mass is 35.5. The van der Waals surface area contributed by atoms with Crippen LogP contribution in [0.2, 0.25) is 0 Å². The highest BCUT2D eigenvalue weighted by molar-refractivity contribution is 6.23. The molecule has 0 aromatic carbocycles. The minimum Gasteiger partial charge on any atom is -0.313 e. The van der Waals surface area contributed by atoms with E-state index in [9.17, 15) is 0 Å². The van der Waals surface area contributed by atoms with Gasteiger partial charge < -0.3 is 5.73 Å². The zero-order valence-electron chi connectivity index (χ0n) is 16.2. The number of hydrogen-bond donors (Lipinski definition) is 1. The molecule has 0 aliphatic heterocycles. The van der Waals surface area contributed by atoms with Crippen molar-refractivity contribution in [2.75, 3.05) is 0 Å². The average Bonchev–Trinajstić information content (AvgIpc) is 2.52. The normalized spacial score (nSPS) is 12.0. The minimum atomic E-state index is -0.440. The predicted octanol–water partition coefficient (Wildman–Crippen LogP) is 7.94. The van der Waals surface area contributed by atoms with E-state index in [0.717, 1.165) is 12.8 Å². The van der Waals surface area contributed by atoms with Crippen molar-refractivity contribution in [2.45, 2.75) is 134 Å². The Morgan fingerprint density at radius 2 is 0.783 bits per heavy atom. The van der Waals surface area contributed by atoms with Crippen LogP contribution in [0.5, 0.6) is 0 Å². The van der Waals surface area contributed by atoms with Crippen LogP contribution in [0.1, 0.15) is 129 Å². The molecular formula is C21H44ClN. The van der Waals surface area contributed by atoms with Crippen molar-refractivity contribution in [2.24, 2.45) is 5.73 Å². The third-order valence-corrected chi connectivity index (χ3v) is 5.27. The lowest BCUT2D eigenvalue weighted by Crippen LogP contribution is -2.32. The van der Waals surface area contributed by atoms with Gasteiger partial charge in [0, 0.05) is 0 Å². The van der Waals surface area contributed by atoms with Crippen LogP contribution in [0.3, 0.4) is 0 Å². The van der Waals surface area contributed by atoms with Crippen LogP contribution in [0.4, 0.5) is 0 Å². The number of rotatable bonds is 18. The maximum Gasteiger partial charge on any atom is 0.0910 e. The third-order valence-electron chi connectivity index (χ3n) is 4.89. The molecule has 1 nitrogen and oxygen atoms in total. The second-order valence-electron chi connectivity index (χ2n) is 7.48. The van der Waals surface area contributed by atoms with Crippen LogP contribution < -0.4 is 5.73 Å². The molecule has 0 fully saturated rings. The zero-order valence-corrected chi connectivity index (χ0v) is 16.9. The first-order valence-corrected chi connectivity index (χ1v) is 11.0. The Kier molecular flexibility index (Phi) is 17.3. The SMILES string of the molecule is CCCCCCCCCCC(N)(Cl)CCCCCCCCCC. The summed E-state index contributed by atoms with van der Waals surface area (Å²) < 4.78 is 0. The molecule has 0 aromatic heterocycles. The fourth-order valence-electron chi connectivity index (χ4n) is 3.23. The number of halogens is 1. The van der Waals surface area contributed by atoms with Gasteiger partial charge in [0.2, 0.25) is 0 Å². The van der Waals surface area contributed by atoms with Crippen LogP contribution in [-0.2, 0) is 0 Å². The molecule has 140 valence electrons. The van der Waals surface area contributed by atoms with E-state index in [1.807, 2.05) is 0 Å². The van der Waals surface area contributed by atoms with Crippen molar-refractivity contribution in [3.8, 4) is 0 Å². The van der Waals surface area contributed by atoms with E-state index < -0.39 is 5.00 Å². The minimum absolute atomic E-state index is 0.440. The molecule has 0 atom stereocenters. The summed E-state index contributed by atoms with van der Waals surface area (Å²) >= 11 is 6.48. The first kappa shape index (κ1) is 23.2. The van der Waals surface area contributed by atoms with Gasteiger partial charge in [0.15, 0.2) is 0 Å². The Bertz CT molecular complexity index is 206. The van der Waals surface area contributed by atoms with Crippen molar-refractivity contribution < 1.29 is 0 Å². The first-order valence-electron chi connectivity index (χ1n) is 10.6. The van der Waals surface area contributed by atoms with E-state index in [-0.39, 0.29) is 0 Å². The molecule has 0 spiro atoms. The number of alkyl halides is 1. The maximum absolute atomic E-state index is 6.48. The fourth-order valence-corrected chi connectivity index (χ4v) is 3.50. The molecule has 0 radical (unpaired) electrons. The molecule has 2 heteroatoms. The molecule has 23 heavy (non-hydrogen) atoms. The molecule has 0 aromatic rings. The Morgan fingerprint density at radius 1 is 0.522 bits per heavy atom. The van der Waals surface area contributed by atoms with Crippen molar-refractivity contribution in [3.05, 3.63) is 0 Å². The van der Waals surface area contributed by atoms with Gasteiger partial charge in [-0.1, -0.05) is 117 Å². The first-order chi connectivity index (χ1) is 11.1. The van der Waals surface area contributed by atoms with E-state index in [2.05, 4.69) is 13.8 Å². The Balaban J connectivity index is 3.33. The van der Waals surface area contributed by atoms with E-state index in [1.54, 1.807) is 0 Å². The van der Waals surface area contributed by atoms with Gasteiger partial charge in [-0.3, -0.25) is 0 Å². The summed E-state index contributed by atoms with van der Waals surface area (Å²) in [6.07, 6.45) is 23.5. The van der Waals surface area contributed by atoms with Gasteiger partial charge in [0.25, 0.3) is 0 Å². The standard InChI is InChI=1S/C21H44ClN/c1-3-5-7-9-11-13-15-17-19-21(22,23)20-18-16-14-12-10-8-6-4-2/h3-20,23H2,1-2H3. The molecule has 0 heterocycles. The van der Waals surface area contributed by atoms with Crippen LogP contribution >= 0.6 is 11.6 Å². The summed E-state index contributed by atoms with van der Waals surface area (Å²) in [4.78, 5) is -0.440. The lowest BCUT2D eigenvalue weighted by molar-refractivity contribution is 0.442. The maximum atomic E-state index is 6.48. The average molecular weight is 346 g/mol. The van der Waals surface area contributed by atoms with Gasteiger partial charge in [0.05, 0.1) is 5.00 Å². The summed E-state index contributed by atoms with van der Waals surface area (Å²) in [5.41, 5.74) is 6.24. The van der Waals surface area contributed by atoms with Crippen molar-refractivity contribution in [1.82, 2.24) is 0 Å². The van der Waals surface area contributed by atoms with E-state index >= 15 is 0 Å². The lowest BCUT2D eigenvalue weighted by atomic mass is 10.00. The molecule has 0 aliphatic carbocycles. The molecular weight excluding hydrogens is 302 g/mol. The van der Waals surface area contributed by atoms with E-state index in [0.29, 0.717) is 0 Å². The summed E-state index contributed by atoms with van der Waals surface area (Å²) in [7, 11) is 0. The van der Waals surface area contributed by atoms with Crippen molar-refractivity contribution >= 4 is 11.6 Å². The summed E-state index contributed by atoms with van der Waals surface area (Å²) in [6, 6.07) is 0. The topological polar surface area (TPSA) is 26.0 Å². The number of hydrogen-bond acceptors (Lipinski definition) is 1. The summed E-state index contributed by atoms with van der Waals surface area (Å²) in [5, 5.41) is 0. The third kappa shape index (κ3) is 18.4. The van der Waals surface area contributed by atoms with Crippen molar-refractivity contribution in [1.29, 1.82) is 0 Å². The Morgan fingerprint density at radius 3 is 1.09 bits per heavy atom. The van der Waals surface area contributed by atoms with Gasteiger partial charge in [-0.25, -0.2) is 0 Å². The predicted molar refractivity (Wildman–Crippen MR) is 107 cm³/mol. The second-order valence-corrected chi connectivity index (χ2v) is 8.24. The molecule has 0 saturated heterocycles. The quantitative estimate of drug-likeness (QED) is 0.152. The fraction of sp³-hybridized carbons (Fsp3) is 1.00. The van der Waals surface area contributed by atoms with Gasteiger partial charge in [-0.05, 0) is 12.8 Å². The number of nitrogens with two attached hydrogens (primary N) is 1. The largest absolute Gasteiger partial charge is 0.313 e. The lowest BCUT2D eigenvalue weighted by Gasteiger charge is -2.22. The van der Waals surface area contributed by atoms with Gasteiger partial charge in [-0.15, -0.1) is 11.6 Å². The highest BCUT2D eigenvalue weighted by Crippen LogP contribution is 2.24. The molecule has 0 rings (SSSR count). The second kappa shape index (κ2) is 17.1. The molecule has 0 unspecified atom stereocenters.